The molecule has 7 heteroatoms. The third-order valence-corrected chi connectivity index (χ3v) is 6.90. The lowest BCUT2D eigenvalue weighted by Gasteiger charge is -2.30. The summed E-state index contributed by atoms with van der Waals surface area (Å²) in [5, 5.41) is 29.0. The number of hydrogen-bond donors (Lipinski definition) is 3. The Labute approximate surface area is 210 Å². The first-order chi connectivity index (χ1) is 15.6. The van der Waals surface area contributed by atoms with Gasteiger partial charge < -0.3 is 10.2 Å². The second kappa shape index (κ2) is 28.9. The topological polar surface area (TPSA) is 63.9 Å². The zero-order valence-electron chi connectivity index (χ0n) is 22.7. The fraction of sp³-hybridized carbons (Fsp3) is 1.00. The maximum atomic E-state index is 10.8. The van der Waals surface area contributed by atoms with E-state index >= 15 is 0 Å². The van der Waals surface area contributed by atoms with Gasteiger partial charge in [-0.3, -0.25) is 14.3 Å². The number of quaternary nitrogens is 1. The highest BCUT2D eigenvalue weighted by Crippen LogP contribution is 2.14. The standard InChI is InChI=1S/C27H59N2O3.2FH/c1-3-5-6-7-8-9-10-11-12-13-14-15-16-17-18-19-24-29(32,4-2)25-20-21-28(22-26-30)23-27-31;;/h30-32H,3-27H2,1-2H3;2*1H/q+1;;. The number of nitrogens with zero attached hydrogens (tertiary/aromatic N) is 2. The molecule has 0 rings (SSSR count). The summed E-state index contributed by atoms with van der Waals surface area (Å²) in [6, 6.07) is 0. The monoisotopic (exact) mass is 499 g/mol. The third-order valence-electron chi connectivity index (χ3n) is 6.90. The number of rotatable bonds is 26. The van der Waals surface area contributed by atoms with Gasteiger partial charge in [0.15, 0.2) is 0 Å². The Morgan fingerprint density at radius 2 is 0.853 bits per heavy atom. The number of aliphatic hydroxyl groups is 2. The van der Waals surface area contributed by atoms with Crippen LogP contribution in [0.1, 0.15) is 123 Å². The van der Waals surface area contributed by atoms with Crippen LogP contribution in [-0.2, 0) is 0 Å². The molecule has 0 aliphatic heterocycles. The lowest BCUT2D eigenvalue weighted by atomic mass is 10.0. The van der Waals surface area contributed by atoms with Gasteiger partial charge in [-0.05, 0) is 19.8 Å². The Hall–Kier alpha value is -0.340. The summed E-state index contributed by atoms with van der Waals surface area (Å²) in [5.41, 5.74) is 0. The number of hydrogen-bond acceptors (Lipinski definition) is 4. The number of aliphatic hydroxyl groups excluding tert-OH is 2. The second-order valence-corrected chi connectivity index (χ2v) is 9.80. The Morgan fingerprint density at radius 3 is 1.21 bits per heavy atom. The van der Waals surface area contributed by atoms with Gasteiger partial charge in [-0.1, -0.05) is 96.8 Å². The highest BCUT2D eigenvalue weighted by atomic mass is 19.0. The van der Waals surface area contributed by atoms with E-state index in [0.29, 0.717) is 13.1 Å². The fourth-order valence-electron chi connectivity index (χ4n) is 4.59. The molecule has 0 aliphatic rings. The molecule has 210 valence electrons. The van der Waals surface area contributed by atoms with Crippen LogP contribution in [0.25, 0.3) is 0 Å². The van der Waals surface area contributed by atoms with Gasteiger partial charge in [-0.15, -0.1) is 0 Å². The molecule has 0 radical (unpaired) electrons. The smallest absolute Gasteiger partial charge is 0.110 e. The van der Waals surface area contributed by atoms with Crippen molar-refractivity contribution >= 4 is 0 Å². The van der Waals surface area contributed by atoms with Gasteiger partial charge in [0.1, 0.15) is 19.6 Å². The number of hydroxylamine groups is 3. The lowest BCUT2D eigenvalue weighted by Crippen LogP contribution is -2.47. The van der Waals surface area contributed by atoms with Crippen molar-refractivity contribution in [3.8, 4) is 0 Å². The van der Waals surface area contributed by atoms with Gasteiger partial charge in [-0.25, -0.2) is 5.21 Å². The molecular weight excluding hydrogens is 438 g/mol. The van der Waals surface area contributed by atoms with Crippen molar-refractivity contribution in [2.24, 2.45) is 0 Å². The van der Waals surface area contributed by atoms with Crippen LogP contribution >= 0.6 is 0 Å². The van der Waals surface area contributed by atoms with Crippen LogP contribution in [0, 0.1) is 0 Å². The van der Waals surface area contributed by atoms with E-state index in [9.17, 15) is 5.21 Å². The number of halogens is 2. The van der Waals surface area contributed by atoms with Crippen LogP contribution in [0.2, 0.25) is 0 Å². The highest BCUT2D eigenvalue weighted by molar-refractivity contribution is 4.56. The summed E-state index contributed by atoms with van der Waals surface area (Å²) < 4.78 is 0.157. The molecule has 0 saturated heterocycles. The Balaban J connectivity index is -0.00000480. The summed E-state index contributed by atoms with van der Waals surface area (Å²) in [4.78, 5) is 2.06. The summed E-state index contributed by atoms with van der Waals surface area (Å²) in [6.45, 7) is 8.93. The van der Waals surface area contributed by atoms with E-state index in [4.69, 9.17) is 10.2 Å². The van der Waals surface area contributed by atoms with E-state index in [1.165, 1.54) is 96.3 Å². The molecule has 1 unspecified atom stereocenters. The van der Waals surface area contributed by atoms with E-state index in [1.54, 1.807) is 0 Å². The van der Waals surface area contributed by atoms with Crippen LogP contribution in [0.4, 0.5) is 9.41 Å². The van der Waals surface area contributed by atoms with Crippen LogP contribution in [0.5, 0.6) is 0 Å². The molecule has 0 aromatic heterocycles. The average Bonchev–Trinajstić information content (AvgIpc) is 2.79. The normalized spacial score (nSPS) is 12.9. The van der Waals surface area contributed by atoms with Gasteiger partial charge in [0, 0.05) is 26.1 Å². The van der Waals surface area contributed by atoms with Crippen molar-refractivity contribution in [2.75, 3.05) is 52.5 Å². The molecule has 0 bridgehead atoms. The summed E-state index contributed by atoms with van der Waals surface area (Å²) in [7, 11) is 0. The predicted octanol–water partition coefficient (Wildman–Crippen LogP) is 6.46. The molecule has 0 amide bonds. The van der Waals surface area contributed by atoms with Crippen molar-refractivity contribution in [1.82, 2.24) is 4.90 Å². The van der Waals surface area contributed by atoms with Crippen molar-refractivity contribution in [1.29, 1.82) is 0 Å². The van der Waals surface area contributed by atoms with E-state index < -0.39 is 0 Å². The lowest BCUT2D eigenvalue weighted by molar-refractivity contribution is -1.10. The molecule has 0 aromatic carbocycles. The Kier molecular flexibility index (Phi) is 32.5. The molecule has 5 nitrogen and oxygen atoms in total. The Bertz CT molecular complexity index is 376. The molecule has 0 heterocycles. The first kappa shape index (κ1) is 38.2. The van der Waals surface area contributed by atoms with Gasteiger partial charge in [0.2, 0.25) is 0 Å². The van der Waals surface area contributed by atoms with Gasteiger partial charge in [0.05, 0.1) is 13.2 Å². The molecule has 0 aromatic rings. The number of unbranched alkanes of at least 4 members (excludes halogenated alkanes) is 15. The zero-order valence-corrected chi connectivity index (χ0v) is 22.7. The van der Waals surface area contributed by atoms with Crippen LogP contribution in [-0.4, -0.2) is 77.4 Å². The molecule has 1 atom stereocenters. The highest BCUT2D eigenvalue weighted by Gasteiger charge is 2.22. The molecule has 0 spiro atoms. The molecule has 0 saturated carbocycles. The van der Waals surface area contributed by atoms with Crippen molar-refractivity contribution in [3.05, 3.63) is 0 Å². The van der Waals surface area contributed by atoms with Crippen molar-refractivity contribution in [2.45, 2.75) is 123 Å². The fourth-order valence-corrected chi connectivity index (χ4v) is 4.59. The Morgan fingerprint density at radius 1 is 0.500 bits per heavy atom. The molecule has 34 heavy (non-hydrogen) atoms. The van der Waals surface area contributed by atoms with Gasteiger partial charge in [0.25, 0.3) is 0 Å². The molecule has 0 aliphatic carbocycles. The molecule has 3 N–H and O–H groups in total. The maximum absolute atomic E-state index is 10.8. The van der Waals surface area contributed by atoms with Crippen LogP contribution in [0.3, 0.4) is 0 Å². The summed E-state index contributed by atoms with van der Waals surface area (Å²) in [5.74, 6) is 0. The van der Waals surface area contributed by atoms with Crippen LogP contribution < -0.4 is 0 Å². The molecular formula is C27H61F2N2O3+. The molecule has 0 fully saturated rings. The van der Waals surface area contributed by atoms with E-state index in [0.717, 1.165) is 39.0 Å². The van der Waals surface area contributed by atoms with E-state index in [1.807, 2.05) is 0 Å². The van der Waals surface area contributed by atoms with Crippen molar-refractivity contribution in [3.63, 3.8) is 0 Å². The minimum atomic E-state index is 0. The second-order valence-electron chi connectivity index (χ2n) is 9.80. The minimum absolute atomic E-state index is 0. The quantitative estimate of drug-likeness (QED) is 0.0726. The summed E-state index contributed by atoms with van der Waals surface area (Å²) >= 11 is 0. The minimum Gasteiger partial charge on any atom is -0.395 e. The average molecular weight is 500 g/mol. The largest absolute Gasteiger partial charge is 0.395 e. The van der Waals surface area contributed by atoms with E-state index in [-0.39, 0.29) is 27.3 Å². The van der Waals surface area contributed by atoms with E-state index in [2.05, 4.69) is 18.7 Å². The van der Waals surface area contributed by atoms with Gasteiger partial charge >= 0.3 is 0 Å². The maximum Gasteiger partial charge on any atom is 0.110 e. The van der Waals surface area contributed by atoms with Crippen molar-refractivity contribution < 1.29 is 29.5 Å². The first-order valence-electron chi connectivity index (χ1n) is 14.1. The van der Waals surface area contributed by atoms with Gasteiger partial charge in [-0.2, -0.15) is 4.65 Å². The zero-order chi connectivity index (χ0) is 23.8. The summed E-state index contributed by atoms with van der Waals surface area (Å²) in [6.07, 6.45) is 22.8. The first-order valence-corrected chi connectivity index (χ1v) is 14.1. The van der Waals surface area contributed by atoms with Crippen LogP contribution in [0.15, 0.2) is 0 Å². The predicted molar refractivity (Wildman–Crippen MR) is 142 cm³/mol. The third kappa shape index (κ3) is 24.8. The SMILES string of the molecule is CCCCCCCCCCCCCCCCCC[N+](O)(CC)CCCN(CCO)CCO.F.F.